The number of carbonyl (C=O) groups excluding carboxylic acids is 2. The van der Waals surface area contributed by atoms with E-state index in [2.05, 4.69) is 62.5 Å². The lowest BCUT2D eigenvalue weighted by atomic mass is 10.0. The van der Waals surface area contributed by atoms with Gasteiger partial charge in [-0.2, -0.15) is 0 Å². The van der Waals surface area contributed by atoms with Crippen LogP contribution in [0.3, 0.4) is 0 Å². The number of nitrogens with zero attached hydrogens (tertiary/aromatic N) is 1. The number of hydrogen-bond donors (Lipinski definition) is 0. The largest absolute Gasteiger partial charge is 0.756 e. The third-order valence-electron chi connectivity index (χ3n) is 9.86. The molecular weight excluding hydrogens is 750 g/mol. The van der Waals surface area contributed by atoms with E-state index in [-0.39, 0.29) is 32.0 Å². The zero-order valence-corrected chi connectivity index (χ0v) is 38.9. The summed E-state index contributed by atoms with van der Waals surface area (Å²) in [6.45, 7) is 4.10. The molecular formula is C48H88NO8P. The van der Waals surface area contributed by atoms with Gasteiger partial charge in [0.2, 0.25) is 0 Å². The number of likely N-dealkylation sites (N-methyl/N-ethyl adjacent to an activating group) is 1. The van der Waals surface area contributed by atoms with Crippen LogP contribution in [-0.4, -0.2) is 70.0 Å². The van der Waals surface area contributed by atoms with Gasteiger partial charge in [0, 0.05) is 12.8 Å². The Morgan fingerprint density at radius 2 is 0.983 bits per heavy atom. The summed E-state index contributed by atoms with van der Waals surface area (Å²) in [4.78, 5) is 37.6. The monoisotopic (exact) mass is 838 g/mol. The molecule has 0 radical (unpaired) electrons. The topological polar surface area (TPSA) is 111 Å². The fourth-order valence-corrected chi connectivity index (χ4v) is 6.96. The van der Waals surface area contributed by atoms with Crippen molar-refractivity contribution in [3.05, 3.63) is 48.6 Å². The number of rotatable bonds is 42. The number of unbranched alkanes of at least 4 members (excludes halogenated alkanes) is 20. The Hall–Kier alpha value is -2.03. The molecule has 0 heterocycles. The highest BCUT2D eigenvalue weighted by Gasteiger charge is 2.21. The summed E-state index contributed by atoms with van der Waals surface area (Å²) in [6, 6.07) is 0. The van der Waals surface area contributed by atoms with Gasteiger partial charge in [-0.05, 0) is 51.4 Å². The van der Waals surface area contributed by atoms with Gasteiger partial charge >= 0.3 is 11.9 Å². The number of phosphoric acid groups is 1. The average molecular weight is 838 g/mol. The molecule has 0 bridgehead atoms. The zero-order chi connectivity index (χ0) is 42.8. The van der Waals surface area contributed by atoms with Gasteiger partial charge in [0.05, 0.1) is 27.7 Å². The number of hydrogen-bond acceptors (Lipinski definition) is 8. The lowest BCUT2D eigenvalue weighted by Crippen LogP contribution is -2.37. The van der Waals surface area contributed by atoms with Crippen LogP contribution in [0.25, 0.3) is 0 Å². The maximum absolute atomic E-state index is 12.7. The van der Waals surface area contributed by atoms with E-state index >= 15 is 0 Å². The van der Waals surface area contributed by atoms with Gasteiger partial charge in [0.25, 0.3) is 7.82 Å². The molecule has 0 rings (SSSR count). The normalized spacial score (nSPS) is 14.0. The fraction of sp³-hybridized carbons (Fsp3) is 0.792. The van der Waals surface area contributed by atoms with Gasteiger partial charge in [0.1, 0.15) is 19.8 Å². The van der Waals surface area contributed by atoms with Crippen molar-refractivity contribution in [2.24, 2.45) is 0 Å². The molecule has 0 aromatic carbocycles. The van der Waals surface area contributed by atoms with Crippen LogP contribution in [-0.2, 0) is 32.7 Å². The van der Waals surface area contributed by atoms with E-state index in [1.165, 1.54) is 89.9 Å². The minimum absolute atomic E-state index is 0.0364. The van der Waals surface area contributed by atoms with Gasteiger partial charge < -0.3 is 27.9 Å². The second kappa shape index (κ2) is 40.4. The SMILES string of the molecule is CC/C=C\C/C=C\C/C=C\C/C=C\CCCCCCC(=O)O[C@H](COC(=O)CCCCCCCCCCCCCCCCCCC)COP(=O)([O-])OCC[N+](C)(C)C. The molecule has 9 nitrogen and oxygen atoms in total. The number of quaternary nitrogens is 1. The number of esters is 2. The van der Waals surface area contributed by atoms with E-state index < -0.39 is 26.5 Å². The Kier molecular flexibility index (Phi) is 39.0. The molecule has 1 unspecified atom stereocenters. The van der Waals surface area contributed by atoms with Crippen LogP contribution >= 0.6 is 7.82 Å². The van der Waals surface area contributed by atoms with Crippen molar-refractivity contribution in [2.75, 3.05) is 47.5 Å². The maximum Gasteiger partial charge on any atom is 0.306 e. The van der Waals surface area contributed by atoms with E-state index in [0.717, 1.165) is 70.6 Å². The lowest BCUT2D eigenvalue weighted by Gasteiger charge is -2.28. The predicted octanol–water partition coefficient (Wildman–Crippen LogP) is 12.8. The van der Waals surface area contributed by atoms with Gasteiger partial charge in [-0.3, -0.25) is 14.2 Å². The molecule has 10 heteroatoms. The molecule has 0 aromatic heterocycles. The summed E-state index contributed by atoms with van der Waals surface area (Å²) >= 11 is 0. The minimum Gasteiger partial charge on any atom is -0.756 e. The number of ether oxygens (including phenoxy) is 2. The standard InChI is InChI=1S/C48H88NO8P/c1-6-8-10-12-14-16-18-20-22-24-26-28-30-32-34-36-38-40-47(50)54-44-46(45-56-58(52,53)55-43-42-49(3,4)5)57-48(51)41-39-37-35-33-31-29-27-25-23-21-19-17-15-13-11-9-7-2/h9,11,15,17,21,23,27,29,46H,6-8,10,12-14,16,18-20,22,24-26,28,30-45H2,1-5H3/b11-9-,17-15-,23-21-,29-27-/t46-/m1/s1. The molecule has 0 aliphatic heterocycles. The molecule has 0 aliphatic carbocycles. The summed E-state index contributed by atoms with van der Waals surface area (Å²) in [5.41, 5.74) is 0. The Bertz CT molecular complexity index is 1130. The van der Waals surface area contributed by atoms with Crippen molar-refractivity contribution in [2.45, 2.75) is 200 Å². The second-order valence-corrected chi connectivity index (χ2v) is 18.2. The Morgan fingerprint density at radius 3 is 1.47 bits per heavy atom. The summed E-state index contributed by atoms with van der Waals surface area (Å²) in [7, 11) is 1.15. The Balaban J connectivity index is 4.35. The van der Waals surface area contributed by atoms with Gasteiger partial charge in [-0.25, -0.2) is 0 Å². The Morgan fingerprint density at radius 1 is 0.552 bits per heavy atom. The summed E-state index contributed by atoms with van der Waals surface area (Å²) in [6.07, 6.45) is 47.1. The molecule has 0 fully saturated rings. The fourth-order valence-electron chi connectivity index (χ4n) is 6.23. The molecule has 0 N–H and O–H groups in total. The number of carbonyl (C=O) groups is 2. The molecule has 0 saturated carbocycles. The van der Waals surface area contributed by atoms with Crippen LogP contribution in [0.4, 0.5) is 0 Å². The zero-order valence-electron chi connectivity index (χ0n) is 38.0. The van der Waals surface area contributed by atoms with Crippen LogP contribution in [0, 0.1) is 0 Å². The van der Waals surface area contributed by atoms with Crippen LogP contribution < -0.4 is 4.89 Å². The first-order chi connectivity index (χ1) is 28.0. The van der Waals surface area contributed by atoms with E-state index in [4.69, 9.17) is 18.5 Å². The second-order valence-electron chi connectivity index (χ2n) is 16.7. The number of phosphoric ester groups is 1. The van der Waals surface area contributed by atoms with E-state index in [1.807, 2.05) is 21.1 Å². The lowest BCUT2D eigenvalue weighted by molar-refractivity contribution is -0.870. The highest BCUT2D eigenvalue weighted by Crippen LogP contribution is 2.38. The van der Waals surface area contributed by atoms with Crippen LogP contribution in [0.5, 0.6) is 0 Å². The van der Waals surface area contributed by atoms with Gasteiger partial charge in [0.15, 0.2) is 6.10 Å². The van der Waals surface area contributed by atoms with Crippen molar-refractivity contribution in [1.82, 2.24) is 0 Å². The maximum atomic E-state index is 12.7. The third kappa shape index (κ3) is 43.5. The molecule has 0 spiro atoms. The van der Waals surface area contributed by atoms with Crippen molar-refractivity contribution < 1.29 is 42.1 Å². The first kappa shape index (κ1) is 56.0. The predicted molar refractivity (Wildman–Crippen MR) is 240 cm³/mol. The molecule has 338 valence electrons. The Labute approximate surface area is 356 Å². The molecule has 0 saturated heterocycles. The highest BCUT2D eigenvalue weighted by atomic mass is 31.2. The van der Waals surface area contributed by atoms with E-state index in [0.29, 0.717) is 17.4 Å². The average Bonchev–Trinajstić information content (AvgIpc) is 3.17. The molecule has 2 atom stereocenters. The summed E-state index contributed by atoms with van der Waals surface area (Å²) in [5, 5.41) is 0. The van der Waals surface area contributed by atoms with E-state index in [9.17, 15) is 19.0 Å². The molecule has 0 amide bonds. The minimum atomic E-state index is -4.63. The summed E-state index contributed by atoms with van der Waals surface area (Å²) in [5.74, 6) is -0.858. The quantitative estimate of drug-likeness (QED) is 0.0196. The highest BCUT2D eigenvalue weighted by molar-refractivity contribution is 7.45. The molecule has 0 aliphatic rings. The molecule has 0 aromatic rings. The van der Waals surface area contributed by atoms with Gasteiger partial charge in [-0.1, -0.05) is 178 Å². The van der Waals surface area contributed by atoms with E-state index in [1.54, 1.807) is 0 Å². The third-order valence-corrected chi connectivity index (χ3v) is 10.8. The summed E-state index contributed by atoms with van der Waals surface area (Å²) < 4.78 is 33.9. The van der Waals surface area contributed by atoms with Crippen LogP contribution in [0.1, 0.15) is 194 Å². The van der Waals surface area contributed by atoms with Crippen LogP contribution in [0.15, 0.2) is 48.6 Å². The smallest absolute Gasteiger partial charge is 0.306 e. The van der Waals surface area contributed by atoms with Gasteiger partial charge in [-0.15, -0.1) is 0 Å². The van der Waals surface area contributed by atoms with Crippen molar-refractivity contribution >= 4 is 19.8 Å². The van der Waals surface area contributed by atoms with Crippen molar-refractivity contribution in [3.63, 3.8) is 0 Å². The first-order valence-electron chi connectivity index (χ1n) is 23.3. The first-order valence-corrected chi connectivity index (χ1v) is 24.8. The molecule has 58 heavy (non-hydrogen) atoms. The van der Waals surface area contributed by atoms with Crippen molar-refractivity contribution in [3.8, 4) is 0 Å². The van der Waals surface area contributed by atoms with Crippen molar-refractivity contribution in [1.29, 1.82) is 0 Å². The number of allylic oxidation sites excluding steroid dienone is 8. The van der Waals surface area contributed by atoms with Crippen LogP contribution in [0.2, 0.25) is 0 Å².